The highest BCUT2D eigenvalue weighted by Gasteiger charge is 2.33. The number of ether oxygens (including phenoxy) is 2. The fourth-order valence-corrected chi connectivity index (χ4v) is 3.46. The van der Waals surface area contributed by atoms with Crippen LogP contribution in [0.1, 0.15) is 45.4 Å². The second kappa shape index (κ2) is 7.65. The number of hydrogen-bond donors (Lipinski definition) is 0. The molecule has 0 aromatic rings. The molecule has 1 heterocycles. The highest BCUT2D eigenvalue weighted by Crippen LogP contribution is 2.36. The van der Waals surface area contributed by atoms with Crippen LogP contribution >= 0.6 is 0 Å². The highest BCUT2D eigenvalue weighted by atomic mass is 16.5. The molecular formula is C20H24O4. The number of rotatable bonds is 5. The van der Waals surface area contributed by atoms with Gasteiger partial charge in [-0.25, -0.2) is 4.79 Å². The average molecular weight is 328 g/mol. The van der Waals surface area contributed by atoms with Gasteiger partial charge in [-0.15, -0.1) is 0 Å². The van der Waals surface area contributed by atoms with Gasteiger partial charge in [-0.05, 0) is 62.2 Å². The summed E-state index contributed by atoms with van der Waals surface area (Å²) in [5.41, 5.74) is 2.61. The zero-order valence-electron chi connectivity index (χ0n) is 14.1. The molecule has 0 saturated heterocycles. The van der Waals surface area contributed by atoms with Gasteiger partial charge in [0.2, 0.25) is 0 Å². The summed E-state index contributed by atoms with van der Waals surface area (Å²) in [6, 6.07) is 0. The van der Waals surface area contributed by atoms with Crippen molar-refractivity contribution in [1.29, 1.82) is 0 Å². The van der Waals surface area contributed by atoms with E-state index in [2.05, 4.69) is 24.3 Å². The summed E-state index contributed by atoms with van der Waals surface area (Å²) < 4.78 is 10.5. The molecule has 0 aromatic heterocycles. The molecule has 4 heteroatoms. The minimum absolute atomic E-state index is 0.203. The Labute approximate surface area is 142 Å². The Morgan fingerprint density at radius 2 is 2.08 bits per heavy atom. The molecule has 0 amide bonds. The fourth-order valence-electron chi connectivity index (χ4n) is 3.46. The van der Waals surface area contributed by atoms with Gasteiger partial charge in [0.05, 0.1) is 6.61 Å². The van der Waals surface area contributed by atoms with E-state index in [9.17, 15) is 9.59 Å². The summed E-state index contributed by atoms with van der Waals surface area (Å²) in [5, 5.41) is 0. The van der Waals surface area contributed by atoms with Crippen molar-refractivity contribution in [2.24, 2.45) is 5.92 Å². The molecule has 24 heavy (non-hydrogen) atoms. The first-order valence-corrected chi connectivity index (χ1v) is 8.82. The van der Waals surface area contributed by atoms with E-state index in [1.807, 2.05) is 6.08 Å². The van der Waals surface area contributed by atoms with Crippen LogP contribution in [0.2, 0.25) is 0 Å². The van der Waals surface area contributed by atoms with Crippen LogP contribution in [0.15, 0.2) is 47.3 Å². The number of esters is 1. The molecule has 0 saturated carbocycles. The summed E-state index contributed by atoms with van der Waals surface area (Å²) >= 11 is 0. The first-order valence-electron chi connectivity index (χ1n) is 8.82. The molecule has 3 aliphatic rings. The van der Waals surface area contributed by atoms with Crippen LogP contribution < -0.4 is 0 Å². The van der Waals surface area contributed by atoms with Crippen LogP contribution in [0.25, 0.3) is 0 Å². The number of carbonyl (C=O) groups excluding carboxylic acids is 2. The summed E-state index contributed by atoms with van der Waals surface area (Å²) in [7, 11) is 0. The number of ketones is 1. The van der Waals surface area contributed by atoms with Crippen molar-refractivity contribution in [3.63, 3.8) is 0 Å². The molecule has 2 aliphatic carbocycles. The Morgan fingerprint density at radius 1 is 1.21 bits per heavy atom. The van der Waals surface area contributed by atoms with E-state index in [0.29, 0.717) is 12.3 Å². The van der Waals surface area contributed by atoms with Crippen LogP contribution in [0.5, 0.6) is 0 Å². The molecule has 4 nitrogen and oxygen atoms in total. The lowest BCUT2D eigenvalue weighted by atomic mass is 9.82. The van der Waals surface area contributed by atoms with E-state index < -0.39 is 17.9 Å². The van der Waals surface area contributed by atoms with Gasteiger partial charge in [-0.2, -0.15) is 0 Å². The van der Waals surface area contributed by atoms with Crippen molar-refractivity contribution in [1.82, 2.24) is 0 Å². The van der Waals surface area contributed by atoms with Crippen molar-refractivity contribution in [3.05, 3.63) is 47.3 Å². The lowest BCUT2D eigenvalue weighted by molar-refractivity contribution is -0.157. The molecule has 0 N–H and O–H groups in total. The number of allylic oxidation sites excluding steroid dienone is 6. The lowest BCUT2D eigenvalue weighted by Gasteiger charge is -2.25. The van der Waals surface area contributed by atoms with Gasteiger partial charge in [0, 0.05) is 6.42 Å². The van der Waals surface area contributed by atoms with Crippen LogP contribution in [0.3, 0.4) is 0 Å². The molecule has 0 bridgehead atoms. The Bertz CT molecular complexity index is 636. The van der Waals surface area contributed by atoms with Crippen molar-refractivity contribution in [3.8, 4) is 0 Å². The monoisotopic (exact) mass is 328 g/mol. The largest absolute Gasteiger partial charge is 0.482 e. The smallest absolute Gasteiger partial charge is 0.378 e. The number of hydrogen-bond acceptors (Lipinski definition) is 4. The second-order valence-electron chi connectivity index (χ2n) is 6.38. The molecule has 0 spiro atoms. The summed E-state index contributed by atoms with van der Waals surface area (Å²) in [6.45, 7) is 1.89. The lowest BCUT2D eigenvalue weighted by Crippen LogP contribution is -2.30. The maximum Gasteiger partial charge on any atom is 0.378 e. The third kappa shape index (κ3) is 3.69. The van der Waals surface area contributed by atoms with Gasteiger partial charge < -0.3 is 9.47 Å². The maximum atomic E-state index is 12.0. The normalized spacial score (nSPS) is 26.1. The Kier molecular flexibility index (Phi) is 5.34. The van der Waals surface area contributed by atoms with Crippen LogP contribution in [0, 0.1) is 5.92 Å². The quantitative estimate of drug-likeness (QED) is 0.569. The highest BCUT2D eigenvalue weighted by molar-refractivity contribution is 6.35. The molecule has 128 valence electrons. The summed E-state index contributed by atoms with van der Waals surface area (Å²) in [4.78, 5) is 23.5. The van der Waals surface area contributed by atoms with Crippen molar-refractivity contribution in [2.45, 2.75) is 51.6 Å². The number of Topliss-reactive ketones (excluding diaryl/α,β-unsaturated/α-hetero) is 1. The van der Waals surface area contributed by atoms with Gasteiger partial charge in [0.1, 0.15) is 5.76 Å². The van der Waals surface area contributed by atoms with Crippen molar-refractivity contribution < 1.29 is 19.1 Å². The van der Waals surface area contributed by atoms with E-state index in [4.69, 9.17) is 9.47 Å². The van der Waals surface area contributed by atoms with Gasteiger partial charge >= 0.3 is 5.97 Å². The molecule has 1 unspecified atom stereocenters. The van der Waals surface area contributed by atoms with Crippen LogP contribution in [-0.4, -0.2) is 24.5 Å². The molecule has 3 rings (SSSR count). The summed E-state index contributed by atoms with van der Waals surface area (Å²) in [6.07, 6.45) is 16.1. The SMILES string of the molecule is CCOC(=O)C(=O)C1CC=C(C2=CC[C@H](C3=CCCC=C3)CC2)O1. The van der Waals surface area contributed by atoms with Crippen molar-refractivity contribution in [2.75, 3.05) is 6.61 Å². The molecule has 1 aliphatic heterocycles. The number of carbonyl (C=O) groups is 2. The first kappa shape index (κ1) is 16.7. The van der Waals surface area contributed by atoms with E-state index in [1.165, 1.54) is 5.57 Å². The average Bonchev–Trinajstić information content (AvgIpc) is 3.12. The van der Waals surface area contributed by atoms with E-state index in [0.717, 1.165) is 43.4 Å². The molecule has 0 aromatic carbocycles. The second-order valence-corrected chi connectivity index (χ2v) is 6.38. The predicted octanol–water partition coefficient (Wildman–Crippen LogP) is 3.79. The molecular weight excluding hydrogens is 304 g/mol. The molecule has 0 fully saturated rings. The topological polar surface area (TPSA) is 52.6 Å². The zero-order chi connectivity index (χ0) is 16.9. The summed E-state index contributed by atoms with van der Waals surface area (Å²) in [5.74, 6) is -0.0331. The van der Waals surface area contributed by atoms with Crippen LogP contribution in [0.4, 0.5) is 0 Å². The van der Waals surface area contributed by atoms with E-state index in [-0.39, 0.29) is 6.61 Å². The van der Waals surface area contributed by atoms with Crippen molar-refractivity contribution >= 4 is 11.8 Å². The van der Waals surface area contributed by atoms with Gasteiger partial charge in [-0.1, -0.05) is 24.3 Å². The maximum absolute atomic E-state index is 12.0. The third-order valence-electron chi connectivity index (χ3n) is 4.78. The zero-order valence-corrected chi connectivity index (χ0v) is 14.1. The molecule has 0 radical (unpaired) electrons. The van der Waals surface area contributed by atoms with Gasteiger partial charge in [0.25, 0.3) is 5.78 Å². The van der Waals surface area contributed by atoms with E-state index >= 15 is 0 Å². The fraction of sp³-hybridized carbons (Fsp3) is 0.500. The predicted molar refractivity (Wildman–Crippen MR) is 91.1 cm³/mol. The Balaban J connectivity index is 1.56. The molecule has 2 atom stereocenters. The minimum atomic E-state index is -0.800. The minimum Gasteiger partial charge on any atom is -0.482 e. The van der Waals surface area contributed by atoms with Gasteiger partial charge in [-0.3, -0.25) is 4.79 Å². The van der Waals surface area contributed by atoms with Crippen LogP contribution in [-0.2, 0) is 19.1 Å². The van der Waals surface area contributed by atoms with E-state index in [1.54, 1.807) is 6.92 Å². The Hall–Kier alpha value is -2.10. The Morgan fingerprint density at radius 3 is 2.75 bits per heavy atom. The standard InChI is InChI=1S/C20H24O4/c1-2-23-20(22)19(21)18-13-12-17(24-18)16-10-8-15(9-11-16)14-6-4-3-5-7-14/h4,6-7,10,12,15,18H,2-3,5,8-9,11,13H2,1H3/t15-,18?/m0/s1. The third-order valence-corrected chi connectivity index (χ3v) is 4.78. The van der Waals surface area contributed by atoms with Gasteiger partial charge in [0.15, 0.2) is 6.10 Å². The first-order chi connectivity index (χ1) is 11.7.